The number of nitro benzene ring substituents is 1. The van der Waals surface area contributed by atoms with Gasteiger partial charge in [0, 0.05) is 24.2 Å². The highest BCUT2D eigenvalue weighted by atomic mass is 28.4. The largest absolute Gasteiger partial charge is 0.505 e. The number of carbonyl (C=O) groups excluding carboxylic acids is 2. The van der Waals surface area contributed by atoms with Crippen LogP contribution in [-0.4, -0.2) is 54.5 Å². The van der Waals surface area contributed by atoms with Crippen molar-refractivity contribution >= 4 is 53.5 Å². The maximum absolute atomic E-state index is 14.5. The first-order valence-electron chi connectivity index (χ1n) is 20.2. The number of halogens is 1. The van der Waals surface area contributed by atoms with Gasteiger partial charge in [-0.15, -0.1) is 0 Å². The Hall–Kier alpha value is -6.08. The smallest absolute Gasteiger partial charge is 0.271 e. The molecule has 4 aromatic carbocycles. The number of allylic oxidation sites excluding steroid dienone is 1. The van der Waals surface area contributed by atoms with Crippen LogP contribution < -0.4 is 15.3 Å². The number of hydrogen-bond donors (Lipinski definition) is 1. The molecule has 1 aliphatic carbocycles. The second-order valence-corrected chi connectivity index (χ2v) is 21.0. The first-order valence-corrected chi connectivity index (χ1v) is 22.1. The molecule has 0 spiro atoms. The lowest BCUT2D eigenvalue weighted by atomic mass is 9.69. The molecule has 4 atom stereocenters. The van der Waals surface area contributed by atoms with Crippen molar-refractivity contribution in [3.63, 3.8) is 0 Å². The summed E-state index contributed by atoms with van der Waals surface area (Å²) in [6.07, 6.45) is 4.34. The first kappa shape index (κ1) is 40.7. The number of aromatic hydroxyl groups is 1. The van der Waals surface area contributed by atoms with Crippen LogP contribution in [0.15, 0.2) is 139 Å². The lowest BCUT2D eigenvalue weighted by molar-refractivity contribution is -0.384. The molecule has 2 amide bonds. The zero-order valence-electron chi connectivity index (χ0n) is 33.7. The molecular formula is C48H46FN3O7Si. The van der Waals surface area contributed by atoms with E-state index in [9.17, 15) is 29.2 Å². The monoisotopic (exact) mass is 823 g/mol. The maximum atomic E-state index is 14.5. The summed E-state index contributed by atoms with van der Waals surface area (Å²) in [7, 11) is -3.05. The standard InChI is InChI=1S/C48H46FN3O7Si/c1-48(2,3)60(36-15-6-4-7-16-36,37-17-8-5-9-18-37)59-29-33-27-38-45(47(55)51(46(38)54)34-13-12-14-35(28-34)52(56)57)39-30-58-43(44(33)39)23-21-32(41-19-10-11-24-50-41)25-31-20-22-42(53)40(49)26-31/h4-20,22,24-26,28,38-39,43,45,53H,21,23,27,29-30H2,1-3H3/b32-25-/t38-,39+,43-,45-/m1/s1. The molecule has 1 N–H and O–H groups in total. The fourth-order valence-corrected chi connectivity index (χ4v) is 14.0. The first-order chi connectivity index (χ1) is 28.9. The van der Waals surface area contributed by atoms with Crippen molar-refractivity contribution in [2.75, 3.05) is 18.1 Å². The van der Waals surface area contributed by atoms with Gasteiger partial charge in [-0.3, -0.25) is 24.7 Å². The highest BCUT2D eigenvalue weighted by molar-refractivity contribution is 6.99. The Balaban J connectivity index is 1.20. The number of imide groups is 1. The number of amides is 2. The van der Waals surface area contributed by atoms with Crippen LogP contribution in [-0.2, 0) is 18.8 Å². The number of anilines is 1. The van der Waals surface area contributed by atoms with Crippen LogP contribution in [0.2, 0.25) is 5.04 Å². The van der Waals surface area contributed by atoms with Gasteiger partial charge in [-0.1, -0.05) is 99.6 Å². The summed E-state index contributed by atoms with van der Waals surface area (Å²) >= 11 is 0. The second-order valence-electron chi connectivity index (χ2n) is 16.7. The van der Waals surface area contributed by atoms with Gasteiger partial charge in [0.15, 0.2) is 11.6 Å². The van der Waals surface area contributed by atoms with E-state index >= 15 is 0 Å². The van der Waals surface area contributed by atoms with E-state index in [1.54, 1.807) is 18.3 Å². The fourth-order valence-electron chi connectivity index (χ4n) is 9.49. The zero-order valence-corrected chi connectivity index (χ0v) is 34.7. The summed E-state index contributed by atoms with van der Waals surface area (Å²) in [5.74, 6) is -3.81. The minimum absolute atomic E-state index is 0.173. The van der Waals surface area contributed by atoms with Crippen molar-refractivity contribution < 1.29 is 33.2 Å². The second kappa shape index (κ2) is 16.5. The van der Waals surface area contributed by atoms with E-state index in [2.05, 4.69) is 50.0 Å². The van der Waals surface area contributed by atoms with E-state index < -0.39 is 60.5 Å². The number of phenols is 1. The molecule has 3 heterocycles. The van der Waals surface area contributed by atoms with Crippen LogP contribution in [0, 0.1) is 33.7 Å². The average molecular weight is 824 g/mol. The van der Waals surface area contributed by atoms with Crippen molar-refractivity contribution in [3.8, 4) is 5.75 Å². The summed E-state index contributed by atoms with van der Waals surface area (Å²) in [6.45, 7) is 7.03. The summed E-state index contributed by atoms with van der Waals surface area (Å²) in [4.78, 5) is 45.8. The highest BCUT2D eigenvalue weighted by Gasteiger charge is 2.58. The summed E-state index contributed by atoms with van der Waals surface area (Å²) < 4.78 is 28.6. The van der Waals surface area contributed by atoms with Crippen LogP contribution in [0.5, 0.6) is 5.75 Å². The van der Waals surface area contributed by atoms with Gasteiger partial charge in [0.1, 0.15) is 0 Å². The number of nitrogens with zero attached hydrogens (tertiary/aromatic N) is 3. The molecule has 0 bridgehead atoms. The van der Waals surface area contributed by atoms with Crippen molar-refractivity contribution in [2.45, 2.75) is 51.2 Å². The minimum Gasteiger partial charge on any atom is -0.505 e. The van der Waals surface area contributed by atoms with Crippen LogP contribution in [0.4, 0.5) is 15.8 Å². The van der Waals surface area contributed by atoms with Gasteiger partial charge in [-0.2, -0.15) is 0 Å². The number of carbonyl (C=O) groups is 2. The van der Waals surface area contributed by atoms with E-state index in [0.717, 1.165) is 32.0 Å². The Morgan fingerprint density at radius 3 is 2.27 bits per heavy atom. The van der Waals surface area contributed by atoms with Gasteiger partial charge < -0.3 is 14.3 Å². The predicted molar refractivity (Wildman–Crippen MR) is 230 cm³/mol. The van der Waals surface area contributed by atoms with E-state index in [-0.39, 0.29) is 36.0 Å². The van der Waals surface area contributed by atoms with Crippen molar-refractivity contribution in [1.29, 1.82) is 0 Å². The van der Waals surface area contributed by atoms with Gasteiger partial charge in [0.05, 0.1) is 47.5 Å². The molecule has 0 saturated carbocycles. The van der Waals surface area contributed by atoms with Crippen LogP contribution in [0.3, 0.4) is 0 Å². The molecule has 0 unspecified atom stereocenters. The van der Waals surface area contributed by atoms with Gasteiger partial charge in [0.2, 0.25) is 11.8 Å². The van der Waals surface area contributed by atoms with Gasteiger partial charge in [-0.25, -0.2) is 9.29 Å². The molecular weight excluding hydrogens is 778 g/mol. The molecule has 10 nitrogen and oxygen atoms in total. The third kappa shape index (κ3) is 7.51. The Labute approximate surface area is 349 Å². The van der Waals surface area contributed by atoms with Crippen LogP contribution in [0.25, 0.3) is 11.6 Å². The molecule has 2 fully saturated rings. The number of nitro groups is 1. The van der Waals surface area contributed by atoms with E-state index in [0.29, 0.717) is 24.1 Å². The molecule has 0 radical (unpaired) electrons. The Morgan fingerprint density at radius 1 is 0.933 bits per heavy atom. The number of aromatic nitrogens is 1. The lowest BCUT2D eigenvalue weighted by Crippen LogP contribution is -2.66. The number of pyridine rings is 1. The molecule has 1 aromatic heterocycles. The number of rotatable bonds is 12. The number of phenolic OH excluding ortho intramolecular Hbond substituents is 1. The molecule has 2 aliphatic heterocycles. The maximum Gasteiger partial charge on any atom is 0.271 e. The Morgan fingerprint density at radius 2 is 1.63 bits per heavy atom. The molecule has 5 aromatic rings. The molecule has 306 valence electrons. The van der Waals surface area contributed by atoms with Crippen LogP contribution in [0.1, 0.15) is 51.3 Å². The Kier molecular flexibility index (Phi) is 11.2. The van der Waals surface area contributed by atoms with Gasteiger partial charge in [0.25, 0.3) is 14.0 Å². The molecule has 12 heteroatoms. The summed E-state index contributed by atoms with van der Waals surface area (Å²) in [5.41, 5.74) is 3.93. The van der Waals surface area contributed by atoms with Crippen molar-refractivity contribution in [1.82, 2.24) is 4.98 Å². The zero-order chi connectivity index (χ0) is 42.2. The SMILES string of the molecule is CC(C)(C)[Si](OCC1=C2[C@@H](CC/C(=C/c3ccc(O)c(F)c3)c3ccccn3)OC[C@@H]2[C@@H]2C(=O)N(c3cccc([N+](=O)[O-])c3)C(=O)[C@@H]2C1)(c1ccccc1)c1ccccc1. The van der Waals surface area contributed by atoms with E-state index in [1.165, 1.54) is 30.3 Å². The van der Waals surface area contributed by atoms with Gasteiger partial charge >= 0.3 is 0 Å². The quantitative estimate of drug-likeness (QED) is 0.0438. The minimum atomic E-state index is -3.05. The number of fused-ring (bicyclic) bond motifs is 3. The number of benzene rings is 4. The third-order valence-electron chi connectivity index (χ3n) is 12.2. The predicted octanol–water partition coefficient (Wildman–Crippen LogP) is 8.25. The molecule has 8 rings (SSSR count). The lowest BCUT2D eigenvalue weighted by Gasteiger charge is -2.44. The van der Waals surface area contributed by atoms with E-state index in [4.69, 9.17) is 9.16 Å². The van der Waals surface area contributed by atoms with Gasteiger partial charge in [-0.05, 0) is 93.4 Å². The number of non-ortho nitro benzene ring substituents is 1. The fraction of sp³-hybridized carbons (Fsp3) is 0.271. The normalized spacial score (nSPS) is 20.7. The van der Waals surface area contributed by atoms with Crippen molar-refractivity contribution in [3.05, 3.63) is 166 Å². The van der Waals surface area contributed by atoms with Crippen LogP contribution >= 0.6 is 0 Å². The number of hydrogen-bond acceptors (Lipinski definition) is 8. The summed E-state index contributed by atoms with van der Waals surface area (Å²) in [5, 5.41) is 23.5. The van der Waals surface area contributed by atoms with Crippen molar-refractivity contribution in [2.24, 2.45) is 17.8 Å². The Bertz CT molecular complexity index is 2450. The third-order valence-corrected chi connectivity index (χ3v) is 17.2. The summed E-state index contributed by atoms with van der Waals surface area (Å²) in [6, 6.07) is 36.1. The average Bonchev–Trinajstić information content (AvgIpc) is 3.78. The molecule has 60 heavy (non-hydrogen) atoms. The number of ether oxygens (including phenoxy) is 1. The molecule has 2 saturated heterocycles. The topological polar surface area (TPSA) is 132 Å². The van der Waals surface area contributed by atoms with E-state index in [1.807, 2.05) is 60.7 Å². The molecule has 3 aliphatic rings. The highest BCUT2D eigenvalue weighted by Crippen LogP contribution is 2.51.